The Kier molecular flexibility index (Phi) is 7.29. The van der Waals surface area contributed by atoms with Crippen LogP contribution in [0.3, 0.4) is 0 Å². The van der Waals surface area contributed by atoms with Gasteiger partial charge in [0.25, 0.3) is 0 Å². The van der Waals surface area contributed by atoms with Gasteiger partial charge in [-0.05, 0) is 166 Å². The lowest BCUT2D eigenvalue weighted by Crippen LogP contribution is -2.54. The summed E-state index contributed by atoms with van der Waals surface area (Å²) < 4.78 is 0. The highest BCUT2D eigenvalue weighted by molar-refractivity contribution is 5.92. The van der Waals surface area contributed by atoms with Crippen LogP contribution in [0.2, 0.25) is 0 Å². The van der Waals surface area contributed by atoms with E-state index in [1.807, 2.05) is 12.2 Å². The Labute approximate surface area is 254 Å². The number of aliphatic hydroxyl groups is 2. The first-order valence-corrected chi connectivity index (χ1v) is 17.8. The van der Waals surface area contributed by atoms with Crippen molar-refractivity contribution < 1.29 is 19.8 Å². The van der Waals surface area contributed by atoms with E-state index in [9.17, 15) is 19.8 Å². The van der Waals surface area contributed by atoms with Gasteiger partial charge in [0.1, 0.15) is 0 Å². The molecule has 0 aromatic heterocycles. The van der Waals surface area contributed by atoms with Crippen molar-refractivity contribution in [2.75, 3.05) is 0 Å². The van der Waals surface area contributed by atoms with Gasteiger partial charge in [-0.1, -0.05) is 31.9 Å². The average molecular weight is 577 g/mol. The molecule has 42 heavy (non-hydrogen) atoms. The number of rotatable bonds is 0. The molecule has 0 saturated heterocycles. The minimum Gasteiger partial charge on any atom is -0.393 e. The summed E-state index contributed by atoms with van der Waals surface area (Å²) in [6, 6.07) is 0. The van der Waals surface area contributed by atoms with Gasteiger partial charge in [-0.15, -0.1) is 0 Å². The third-order valence-corrected chi connectivity index (χ3v) is 15.8. The molecule has 0 aliphatic heterocycles. The highest BCUT2D eigenvalue weighted by Crippen LogP contribution is 2.66. The Morgan fingerprint density at radius 3 is 2.02 bits per heavy atom. The number of ketones is 2. The summed E-state index contributed by atoms with van der Waals surface area (Å²) in [5.74, 6) is 6.46. The molecule has 8 rings (SSSR count). The molecule has 13 atom stereocenters. The summed E-state index contributed by atoms with van der Waals surface area (Å²) in [4.78, 5) is 23.6. The molecule has 0 spiro atoms. The first kappa shape index (κ1) is 29.5. The molecule has 0 heterocycles. The van der Waals surface area contributed by atoms with E-state index in [0.29, 0.717) is 29.3 Å². The SMILES string of the molecule is CC1=CC(=O)C[C@@H]2CC[C@H]3[C@@H]4CC[C@H](O)[C@@]4(C)CC[C@@H]3[C@@]12C.C[C@]12CC[C@H]3[C@@H](CCC4=CC(=O)CC[C@@H]43)[C@@H]1CC[C@@H]2O. The lowest BCUT2D eigenvalue weighted by atomic mass is 9.45. The fourth-order valence-electron chi connectivity index (χ4n) is 13.2. The summed E-state index contributed by atoms with van der Waals surface area (Å²) in [5, 5.41) is 20.9. The molecule has 0 bridgehead atoms. The molecule has 8 aliphatic carbocycles. The Morgan fingerprint density at radius 2 is 1.31 bits per heavy atom. The summed E-state index contributed by atoms with van der Waals surface area (Å²) in [6.45, 7) is 9.32. The monoisotopic (exact) mass is 576 g/mol. The minimum absolute atomic E-state index is 0.0710. The standard InChI is InChI=1S/C20H30O2.C18H26O2/c1-12-10-14(21)11-13-4-5-15-16-6-7-18(22)19(16,2)9-8-17(15)20(12,13)3;1-18-9-8-14-13-5-3-12(19)10-11(13)2-4-15(14)16(18)6-7-17(18)20/h10,13,15-18,22H,4-9,11H2,1-3H3;10,13-17,20H,2-9H2,1H3/t13-,15-,16-,17-,18-,19-,20-;13-,14+,15+,16-,17-,18-/m00/s1. The van der Waals surface area contributed by atoms with Gasteiger partial charge in [0.15, 0.2) is 11.6 Å². The van der Waals surface area contributed by atoms with Crippen molar-refractivity contribution in [3.8, 4) is 0 Å². The molecule has 232 valence electrons. The van der Waals surface area contributed by atoms with Crippen molar-refractivity contribution in [1.29, 1.82) is 0 Å². The summed E-state index contributed by atoms with van der Waals surface area (Å²) in [7, 11) is 0. The summed E-state index contributed by atoms with van der Waals surface area (Å²) >= 11 is 0. The van der Waals surface area contributed by atoms with E-state index in [-0.39, 0.29) is 28.5 Å². The Bertz CT molecular complexity index is 1180. The van der Waals surface area contributed by atoms with Crippen LogP contribution in [0.1, 0.15) is 124 Å². The van der Waals surface area contributed by atoms with Crippen molar-refractivity contribution in [2.24, 2.45) is 63.6 Å². The van der Waals surface area contributed by atoms with Gasteiger partial charge in [-0.25, -0.2) is 0 Å². The zero-order valence-electron chi connectivity index (χ0n) is 26.7. The first-order chi connectivity index (χ1) is 20.0. The first-order valence-electron chi connectivity index (χ1n) is 17.8. The molecule has 0 radical (unpaired) electrons. The van der Waals surface area contributed by atoms with Gasteiger partial charge in [0.2, 0.25) is 0 Å². The van der Waals surface area contributed by atoms with E-state index in [0.717, 1.165) is 68.1 Å². The maximum atomic E-state index is 12.0. The van der Waals surface area contributed by atoms with Crippen LogP contribution >= 0.6 is 0 Å². The summed E-state index contributed by atoms with van der Waals surface area (Å²) in [5.41, 5.74) is 3.38. The Hall–Kier alpha value is -1.26. The third-order valence-electron chi connectivity index (χ3n) is 15.8. The van der Waals surface area contributed by atoms with Crippen LogP contribution in [0.5, 0.6) is 0 Å². The lowest BCUT2D eigenvalue weighted by molar-refractivity contribution is -0.125. The molecule has 0 aromatic rings. The maximum Gasteiger partial charge on any atom is 0.155 e. The van der Waals surface area contributed by atoms with Gasteiger partial charge in [0, 0.05) is 12.8 Å². The Balaban J connectivity index is 0.000000138. The van der Waals surface area contributed by atoms with E-state index in [2.05, 4.69) is 27.7 Å². The fraction of sp³-hybridized carbons (Fsp3) is 0.842. The number of allylic oxidation sites excluding steroid dienone is 3. The molecule has 0 amide bonds. The average Bonchev–Trinajstić information content (AvgIpc) is 3.44. The summed E-state index contributed by atoms with van der Waals surface area (Å²) in [6.07, 6.45) is 20.6. The van der Waals surface area contributed by atoms with Gasteiger partial charge < -0.3 is 10.2 Å². The molecular weight excluding hydrogens is 520 g/mol. The van der Waals surface area contributed by atoms with E-state index < -0.39 is 0 Å². The molecule has 6 saturated carbocycles. The van der Waals surface area contributed by atoms with Crippen LogP contribution < -0.4 is 0 Å². The molecule has 4 heteroatoms. The van der Waals surface area contributed by atoms with E-state index in [1.165, 1.54) is 68.9 Å². The van der Waals surface area contributed by atoms with Crippen molar-refractivity contribution in [3.63, 3.8) is 0 Å². The largest absolute Gasteiger partial charge is 0.393 e. The van der Waals surface area contributed by atoms with Crippen LogP contribution in [-0.2, 0) is 9.59 Å². The number of fused-ring (bicyclic) bond motifs is 10. The maximum absolute atomic E-state index is 12.0. The van der Waals surface area contributed by atoms with Crippen molar-refractivity contribution in [3.05, 3.63) is 23.3 Å². The molecule has 0 unspecified atom stereocenters. The predicted molar refractivity (Wildman–Crippen MR) is 165 cm³/mol. The third kappa shape index (κ3) is 4.27. The molecule has 2 N–H and O–H groups in total. The second kappa shape index (κ2) is 10.4. The quantitative estimate of drug-likeness (QED) is 0.311. The predicted octanol–water partition coefficient (Wildman–Crippen LogP) is 7.61. The van der Waals surface area contributed by atoms with Crippen molar-refractivity contribution in [1.82, 2.24) is 0 Å². The van der Waals surface area contributed by atoms with Crippen LogP contribution in [0.25, 0.3) is 0 Å². The van der Waals surface area contributed by atoms with Crippen LogP contribution in [0.4, 0.5) is 0 Å². The van der Waals surface area contributed by atoms with E-state index in [1.54, 1.807) is 0 Å². The molecule has 6 fully saturated rings. The van der Waals surface area contributed by atoms with Crippen LogP contribution in [0.15, 0.2) is 23.3 Å². The van der Waals surface area contributed by atoms with Gasteiger partial charge in [0.05, 0.1) is 12.2 Å². The molecule has 4 nitrogen and oxygen atoms in total. The van der Waals surface area contributed by atoms with Gasteiger partial charge in [-0.2, -0.15) is 0 Å². The minimum atomic E-state index is -0.0893. The molecular formula is C38H56O4. The topological polar surface area (TPSA) is 74.6 Å². The zero-order valence-corrected chi connectivity index (χ0v) is 26.7. The number of aliphatic hydroxyl groups excluding tert-OH is 2. The van der Waals surface area contributed by atoms with Gasteiger partial charge in [-0.3, -0.25) is 9.59 Å². The van der Waals surface area contributed by atoms with E-state index in [4.69, 9.17) is 0 Å². The molecule has 8 aliphatic rings. The number of carbonyl (C=O) groups excluding carboxylic acids is 2. The zero-order chi connectivity index (χ0) is 29.6. The van der Waals surface area contributed by atoms with Gasteiger partial charge >= 0.3 is 0 Å². The highest BCUT2D eigenvalue weighted by atomic mass is 16.3. The number of hydrogen-bond donors (Lipinski definition) is 2. The van der Waals surface area contributed by atoms with Crippen LogP contribution in [-0.4, -0.2) is 34.0 Å². The fourth-order valence-corrected chi connectivity index (χ4v) is 13.2. The van der Waals surface area contributed by atoms with Crippen LogP contribution in [0, 0.1) is 63.6 Å². The second-order valence-electron chi connectivity index (χ2n) is 17.0. The smallest absolute Gasteiger partial charge is 0.155 e. The highest BCUT2D eigenvalue weighted by Gasteiger charge is 2.60. The number of carbonyl (C=O) groups is 2. The number of hydrogen-bond acceptors (Lipinski definition) is 4. The Morgan fingerprint density at radius 1 is 0.643 bits per heavy atom. The molecule has 0 aromatic carbocycles. The normalized spacial score (nSPS) is 52.7. The van der Waals surface area contributed by atoms with Crippen molar-refractivity contribution >= 4 is 11.6 Å². The second-order valence-corrected chi connectivity index (χ2v) is 17.0. The lowest BCUT2D eigenvalue weighted by Gasteiger charge is -2.60. The van der Waals surface area contributed by atoms with E-state index >= 15 is 0 Å². The van der Waals surface area contributed by atoms with Crippen molar-refractivity contribution in [2.45, 2.75) is 136 Å².